The zero-order valence-electron chi connectivity index (χ0n) is 8.08. The molecule has 1 atom stereocenters. The van der Waals surface area contributed by atoms with Crippen LogP contribution in [-0.2, 0) is 0 Å². The average Bonchev–Trinajstić information content (AvgIpc) is 2.55. The molecule has 1 heterocycles. The topological polar surface area (TPSA) is 9.23 Å². The molecule has 0 radical (unpaired) electrons. The first kappa shape index (κ1) is 8.36. The molecular formula is C12H14O. The second-order valence-corrected chi connectivity index (χ2v) is 3.29. The summed E-state index contributed by atoms with van der Waals surface area (Å²) in [5, 5.41) is 0. The molecule has 1 nitrogen and oxygen atoms in total. The Bertz CT molecular complexity index is 339. The third-order valence-corrected chi connectivity index (χ3v) is 2.56. The molecular weight excluding hydrogens is 160 g/mol. The lowest BCUT2D eigenvalue weighted by atomic mass is 9.96. The Morgan fingerprint density at radius 1 is 1.38 bits per heavy atom. The van der Waals surface area contributed by atoms with Crippen molar-refractivity contribution in [1.82, 2.24) is 0 Å². The maximum atomic E-state index is 5.72. The molecule has 0 fully saturated rings. The SMILES string of the molecule is C/C=C1/Oc2ccccc2C1CC. The molecule has 1 aromatic carbocycles. The van der Waals surface area contributed by atoms with Gasteiger partial charge in [0, 0.05) is 11.5 Å². The van der Waals surface area contributed by atoms with E-state index in [4.69, 9.17) is 4.74 Å². The largest absolute Gasteiger partial charge is 0.461 e. The van der Waals surface area contributed by atoms with E-state index in [2.05, 4.69) is 25.1 Å². The Labute approximate surface area is 79.0 Å². The van der Waals surface area contributed by atoms with Gasteiger partial charge in [-0.05, 0) is 25.5 Å². The standard InChI is InChI=1S/C12H14O/c1-3-9-10-7-5-6-8-12(10)13-11(9)4-2/h4-9H,3H2,1-2H3/b11-4+. The number of fused-ring (bicyclic) bond motifs is 1. The van der Waals surface area contributed by atoms with Crippen LogP contribution in [0.4, 0.5) is 0 Å². The zero-order chi connectivity index (χ0) is 9.26. The molecule has 0 N–H and O–H groups in total. The van der Waals surface area contributed by atoms with Crippen molar-refractivity contribution in [2.75, 3.05) is 0 Å². The zero-order valence-corrected chi connectivity index (χ0v) is 8.08. The fraction of sp³-hybridized carbons (Fsp3) is 0.333. The van der Waals surface area contributed by atoms with Crippen molar-refractivity contribution in [3.05, 3.63) is 41.7 Å². The van der Waals surface area contributed by atoms with E-state index in [0.717, 1.165) is 17.9 Å². The van der Waals surface area contributed by atoms with Gasteiger partial charge in [0.1, 0.15) is 11.5 Å². The Morgan fingerprint density at radius 3 is 2.85 bits per heavy atom. The van der Waals surface area contributed by atoms with Crippen LogP contribution in [0.2, 0.25) is 0 Å². The van der Waals surface area contributed by atoms with E-state index in [1.165, 1.54) is 5.56 Å². The predicted octanol–water partition coefficient (Wildman–Crippen LogP) is 3.48. The van der Waals surface area contributed by atoms with Gasteiger partial charge >= 0.3 is 0 Å². The minimum atomic E-state index is 0.473. The van der Waals surface area contributed by atoms with Gasteiger partial charge in [0.2, 0.25) is 0 Å². The Balaban J connectivity index is 2.46. The summed E-state index contributed by atoms with van der Waals surface area (Å²) < 4.78 is 5.72. The molecule has 0 bridgehead atoms. The highest BCUT2D eigenvalue weighted by molar-refractivity contribution is 5.45. The average molecular weight is 174 g/mol. The third kappa shape index (κ3) is 1.24. The molecule has 0 amide bonds. The summed E-state index contributed by atoms with van der Waals surface area (Å²) >= 11 is 0. The minimum Gasteiger partial charge on any atom is -0.461 e. The van der Waals surface area contributed by atoms with Gasteiger partial charge in [0.15, 0.2) is 0 Å². The highest BCUT2D eigenvalue weighted by Gasteiger charge is 2.26. The molecule has 0 saturated carbocycles. The van der Waals surface area contributed by atoms with Crippen molar-refractivity contribution >= 4 is 0 Å². The number of ether oxygens (including phenoxy) is 1. The molecule has 0 saturated heterocycles. The number of para-hydroxylation sites is 1. The first-order valence-corrected chi connectivity index (χ1v) is 4.79. The lowest BCUT2D eigenvalue weighted by Crippen LogP contribution is -1.95. The van der Waals surface area contributed by atoms with Crippen molar-refractivity contribution in [3.8, 4) is 5.75 Å². The quantitative estimate of drug-likeness (QED) is 0.633. The molecule has 0 aliphatic carbocycles. The summed E-state index contributed by atoms with van der Waals surface area (Å²) in [6.07, 6.45) is 3.17. The van der Waals surface area contributed by atoms with Crippen molar-refractivity contribution in [1.29, 1.82) is 0 Å². The van der Waals surface area contributed by atoms with Gasteiger partial charge in [-0.3, -0.25) is 0 Å². The molecule has 2 rings (SSSR count). The maximum Gasteiger partial charge on any atom is 0.130 e. The number of rotatable bonds is 1. The fourth-order valence-electron chi connectivity index (χ4n) is 1.89. The van der Waals surface area contributed by atoms with E-state index in [0.29, 0.717) is 5.92 Å². The number of hydrogen-bond acceptors (Lipinski definition) is 1. The molecule has 68 valence electrons. The molecule has 0 aromatic heterocycles. The highest BCUT2D eigenvalue weighted by Crippen LogP contribution is 2.41. The summed E-state index contributed by atoms with van der Waals surface area (Å²) in [6, 6.07) is 8.28. The van der Waals surface area contributed by atoms with Crippen LogP contribution in [0.15, 0.2) is 36.1 Å². The maximum absolute atomic E-state index is 5.72. The van der Waals surface area contributed by atoms with E-state index < -0.39 is 0 Å². The van der Waals surface area contributed by atoms with Crippen LogP contribution < -0.4 is 4.74 Å². The van der Waals surface area contributed by atoms with Crippen LogP contribution in [0.25, 0.3) is 0 Å². The number of hydrogen-bond donors (Lipinski definition) is 0. The molecule has 1 unspecified atom stereocenters. The lowest BCUT2D eigenvalue weighted by molar-refractivity contribution is 0.423. The van der Waals surface area contributed by atoms with E-state index in [-0.39, 0.29) is 0 Å². The van der Waals surface area contributed by atoms with Crippen molar-refractivity contribution in [2.45, 2.75) is 26.2 Å². The van der Waals surface area contributed by atoms with E-state index in [1.807, 2.05) is 19.1 Å². The molecule has 13 heavy (non-hydrogen) atoms. The summed E-state index contributed by atoms with van der Waals surface area (Å²) in [7, 11) is 0. The lowest BCUT2D eigenvalue weighted by Gasteiger charge is -2.05. The van der Waals surface area contributed by atoms with Crippen LogP contribution in [-0.4, -0.2) is 0 Å². The van der Waals surface area contributed by atoms with Gasteiger partial charge in [-0.25, -0.2) is 0 Å². The normalized spacial score (nSPS) is 22.9. The van der Waals surface area contributed by atoms with Gasteiger partial charge in [0.05, 0.1) is 0 Å². The van der Waals surface area contributed by atoms with Crippen molar-refractivity contribution in [2.24, 2.45) is 0 Å². The van der Waals surface area contributed by atoms with E-state index in [9.17, 15) is 0 Å². The Kier molecular flexibility index (Phi) is 2.09. The van der Waals surface area contributed by atoms with Crippen LogP contribution in [0.3, 0.4) is 0 Å². The van der Waals surface area contributed by atoms with Crippen LogP contribution in [0, 0.1) is 0 Å². The second-order valence-electron chi connectivity index (χ2n) is 3.29. The summed E-state index contributed by atoms with van der Waals surface area (Å²) in [4.78, 5) is 0. The molecule has 1 aliphatic rings. The summed E-state index contributed by atoms with van der Waals surface area (Å²) in [5.74, 6) is 2.60. The Morgan fingerprint density at radius 2 is 2.15 bits per heavy atom. The van der Waals surface area contributed by atoms with Gasteiger partial charge < -0.3 is 4.74 Å². The summed E-state index contributed by atoms with van der Waals surface area (Å²) in [6.45, 7) is 4.23. The number of allylic oxidation sites excluding steroid dienone is 2. The van der Waals surface area contributed by atoms with Crippen molar-refractivity contribution < 1.29 is 4.74 Å². The van der Waals surface area contributed by atoms with Crippen LogP contribution >= 0.6 is 0 Å². The first-order chi connectivity index (χ1) is 6.36. The molecule has 1 aliphatic heterocycles. The van der Waals surface area contributed by atoms with Gasteiger partial charge in [-0.15, -0.1) is 0 Å². The number of benzene rings is 1. The predicted molar refractivity (Wildman–Crippen MR) is 53.9 cm³/mol. The second kappa shape index (κ2) is 3.25. The van der Waals surface area contributed by atoms with E-state index >= 15 is 0 Å². The Hall–Kier alpha value is -1.24. The van der Waals surface area contributed by atoms with Crippen LogP contribution in [0.1, 0.15) is 31.7 Å². The van der Waals surface area contributed by atoms with Gasteiger partial charge in [-0.2, -0.15) is 0 Å². The van der Waals surface area contributed by atoms with E-state index in [1.54, 1.807) is 0 Å². The molecule has 1 aromatic rings. The minimum absolute atomic E-state index is 0.473. The smallest absolute Gasteiger partial charge is 0.130 e. The first-order valence-electron chi connectivity index (χ1n) is 4.79. The molecule has 0 spiro atoms. The van der Waals surface area contributed by atoms with Crippen molar-refractivity contribution in [3.63, 3.8) is 0 Å². The highest BCUT2D eigenvalue weighted by atomic mass is 16.5. The molecule has 1 heteroatoms. The fourth-order valence-corrected chi connectivity index (χ4v) is 1.89. The van der Waals surface area contributed by atoms with Gasteiger partial charge in [-0.1, -0.05) is 25.1 Å². The van der Waals surface area contributed by atoms with Gasteiger partial charge in [0.25, 0.3) is 0 Å². The third-order valence-electron chi connectivity index (χ3n) is 2.56. The monoisotopic (exact) mass is 174 g/mol. The van der Waals surface area contributed by atoms with Crippen LogP contribution in [0.5, 0.6) is 5.75 Å². The summed E-state index contributed by atoms with van der Waals surface area (Å²) in [5.41, 5.74) is 1.33.